The van der Waals surface area contributed by atoms with Gasteiger partial charge in [0.05, 0.1) is 13.5 Å². The van der Waals surface area contributed by atoms with Crippen molar-refractivity contribution in [1.82, 2.24) is 0 Å². The van der Waals surface area contributed by atoms with Gasteiger partial charge in [-0.15, -0.1) is 0 Å². The maximum absolute atomic E-state index is 11.3. The van der Waals surface area contributed by atoms with Gasteiger partial charge in [-0.05, 0) is 19.1 Å². The van der Waals surface area contributed by atoms with Gasteiger partial charge in [0.25, 0.3) is 0 Å². The smallest absolute Gasteiger partial charge is 0.308 e. The number of amidine groups is 1. The molecular formula is C13H16N2O2. The van der Waals surface area contributed by atoms with Gasteiger partial charge in [0, 0.05) is 12.7 Å². The summed E-state index contributed by atoms with van der Waals surface area (Å²) in [6.07, 6.45) is 0.302. The number of methoxy groups -OCH3 is 1. The second kappa shape index (κ2) is 4.20. The maximum atomic E-state index is 11.3. The summed E-state index contributed by atoms with van der Waals surface area (Å²) in [4.78, 5) is 17.7. The minimum atomic E-state index is -0.391. The van der Waals surface area contributed by atoms with Gasteiger partial charge in [0.1, 0.15) is 11.4 Å². The summed E-state index contributed by atoms with van der Waals surface area (Å²) in [6.45, 7) is 1.94. The van der Waals surface area contributed by atoms with Crippen molar-refractivity contribution in [2.45, 2.75) is 18.9 Å². The van der Waals surface area contributed by atoms with Gasteiger partial charge in [-0.3, -0.25) is 9.79 Å². The Morgan fingerprint density at radius 3 is 2.65 bits per heavy atom. The maximum Gasteiger partial charge on any atom is 0.308 e. The fraction of sp³-hybridized carbons (Fsp3) is 0.385. The van der Waals surface area contributed by atoms with Crippen molar-refractivity contribution < 1.29 is 9.53 Å². The van der Waals surface area contributed by atoms with Crippen LogP contribution in [0.5, 0.6) is 0 Å². The summed E-state index contributed by atoms with van der Waals surface area (Å²) in [7, 11) is 3.35. The van der Waals surface area contributed by atoms with E-state index in [1.807, 2.05) is 49.2 Å². The molecule has 1 unspecified atom stereocenters. The molecule has 0 radical (unpaired) electrons. The molecule has 0 saturated carbocycles. The highest BCUT2D eigenvalue weighted by atomic mass is 16.5. The van der Waals surface area contributed by atoms with E-state index in [0.29, 0.717) is 6.42 Å². The summed E-state index contributed by atoms with van der Waals surface area (Å²) >= 11 is 0. The third kappa shape index (κ3) is 2.30. The standard InChI is InChI=1S/C13H16N2O2/c1-13(9-11(16)17-3)12(14-13)15(2)10-7-5-4-6-8-10/h4-8H,9H2,1-3H3. The summed E-state index contributed by atoms with van der Waals surface area (Å²) in [5.74, 6) is 0.696. The van der Waals surface area contributed by atoms with Crippen molar-refractivity contribution >= 4 is 17.5 Å². The first-order chi connectivity index (χ1) is 8.07. The number of anilines is 1. The molecule has 4 heteroatoms. The van der Waals surface area contributed by atoms with Crippen LogP contribution in [-0.4, -0.2) is 31.5 Å². The lowest BCUT2D eigenvalue weighted by Gasteiger charge is -2.17. The second-order valence-corrected chi connectivity index (χ2v) is 4.36. The van der Waals surface area contributed by atoms with Crippen LogP contribution in [0.3, 0.4) is 0 Å². The van der Waals surface area contributed by atoms with Crippen molar-refractivity contribution in [3.8, 4) is 0 Å². The number of aliphatic imine (C=N–C) groups is 1. The van der Waals surface area contributed by atoms with E-state index >= 15 is 0 Å². The molecule has 2 rings (SSSR count). The Bertz CT molecular complexity index is 456. The Labute approximate surface area is 101 Å². The van der Waals surface area contributed by atoms with Crippen molar-refractivity contribution in [3.05, 3.63) is 30.3 Å². The van der Waals surface area contributed by atoms with Crippen LogP contribution in [0.4, 0.5) is 5.69 Å². The lowest BCUT2D eigenvalue weighted by Crippen LogP contribution is -2.31. The van der Waals surface area contributed by atoms with E-state index in [2.05, 4.69) is 9.73 Å². The molecule has 0 aliphatic carbocycles. The third-order valence-electron chi connectivity index (χ3n) is 2.96. The largest absolute Gasteiger partial charge is 0.469 e. The molecule has 1 aliphatic heterocycles. The van der Waals surface area contributed by atoms with Crippen LogP contribution in [0.15, 0.2) is 35.3 Å². The van der Waals surface area contributed by atoms with Crippen LogP contribution in [0, 0.1) is 0 Å². The highest BCUT2D eigenvalue weighted by Crippen LogP contribution is 2.35. The minimum Gasteiger partial charge on any atom is -0.469 e. The zero-order chi connectivity index (χ0) is 12.5. The average molecular weight is 232 g/mol. The summed E-state index contributed by atoms with van der Waals surface area (Å²) in [5, 5.41) is 0. The van der Waals surface area contributed by atoms with E-state index in [0.717, 1.165) is 11.5 Å². The Morgan fingerprint density at radius 1 is 1.41 bits per heavy atom. The highest BCUT2D eigenvalue weighted by molar-refractivity contribution is 6.14. The number of esters is 1. The van der Waals surface area contributed by atoms with Crippen LogP contribution in [0.1, 0.15) is 13.3 Å². The van der Waals surface area contributed by atoms with Gasteiger partial charge in [-0.1, -0.05) is 18.2 Å². The zero-order valence-corrected chi connectivity index (χ0v) is 10.3. The Morgan fingerprint density at radius 2 is 2.06 bits per heavy atom. The van der Waals surface area contributed by atoms with Gasteiger partial charge in [0.15, 0.2) is 0 Å². The SMILES string of the molecule is COC(=O)CC1(C)N=C1N(C)c1ccccc1. The number of benzene rings is 1. The number of carbonyl (C=O) groups excluding carboxylic acids is 1. The molecule has 90 valence electrons. The number of likely N-dealkylation sites (N-methyl/N-ethyl adjacent to an activating group) is 1. The number of carbonyl (C=O) groups is 1. The number of hydrogen-bond donors (Lipinski definition) is 0. The van der Waals surface area contributed by atoms with E-state index in [1.165, 1.54) is 7.11 Å². The molecule has 0 aromatic heterocycles. The Kier molecular flexibility index (Phi) is 2.88. The van der Waals surface area contributed by atoms with Crippen LogP contribution >= 0.6 is 0 Å². The molecule has 0 spiro atoms. The molecular weight excluding hydrogens is 216 g/mol. The van der Waals surface area contributed by atoms with Crippen LogP contribution < -0.4 is 4.90 Å². The van der Waals surface area contributed by atoms with Crippen molar-refractivity contribution in [1.29, 1.82) is 0 Å². The number of hydrogen-bond acceptors (Lipinski definition) is 4. The highest BCUT2D eigenvalue weighted by Gasteiger charge is 2.47. The molecule has 1 aromatic carbocycles. The van der Waals surface area contributed by atoms with Gasteiger partial charge < -0.3 is 9.64 Å². The van der Waals surface area contributed by atoms with E-state index in [9.17, 15) is 4.79 Å². The van der Waals surface area contributed by atoms with Crippen LogP contribution in [0.25, 0.3) is 0 Å². The van der Waals surface area contributed by atoms with Crippen molar-refractivity contribution in [2.24, 2.45) is 4.99 Å². The van der Waals surface area contributed by atoms with E-state index < -0.39 is 5.54 Å². The average Bonchev–Trinajstić information content (AvgIpc) is 3.01. The third-order valence-corrected chi connectivity index (χ3v) is 2.96. The summed E-state index contributed by atoms with van der Waals surface area (Å²) in [5.41, 5.74) is 0.678. The molecule has 0 amide bonds. The second-order valence-electron chi connectivity index (χ2n) is 4.36. The van der Waals surface area contributed by atoms with E-state index in [4.69, 9.17) is 0 Å². The lowest BCUT2D eigenvalue weighted by atomic mass is 10.1. The molecule has 1 aliphatic rings. The molecule has 0 saturated heterocycles. The summed E-state index contributed by atoms with van der Waals surface area (Å²) in [6, 6.07) is 9.96. The van der Waals surface area contributed by atoms with Gasteiger partial charge in [-0.2, -0.15) is 0 Å². The lowest BCUT2D eigenvalue weighted by molar-refractivity contribution is -0.141. The van der Waals surface area contributed by atoms with Gasteiger partial charge in [-0.25, -0.2) is 0 Å². The summed E-state index contributed by atoms with van der Waals surface area (Å²) < 4.78 is 4.67. The first kappa shape index (κ1) is 11.6. The normalized spacial score (nSPS) is 21.7. The number of ether oxygens (including phenoxy) is 1. The molecule has 4 nitrogen and oxygen atoms in total. The molecule has 1 heterocycles. The number of rotatable bonds is 3. The Hall–Kier alpha value is -1.84. The molecule has 0 fully saturated rings. The first-order valence-corrected chi connectivity index (χ1v) is 5.53. The molecule has 1 atom stereocenters. The topological polar surface area (TPSA) is 41.9 Å². The monoisotopic (exact) mass is 232 g/mol. The quantitative estimate of drug-likeness (QED) is 0.747. The van der Waals surface area contributed by atoms with Crippen molar-refractivity contribution in [3.63, 3.8) is 0 Å². The predicted molar refractivity (Wildman–Crippen MR) is 67.3 cm³/mol. The fourth-order valence-corrected chi connectivity index (χ4v) is 1.89. The van der Waals surface area contributed by atoms with Crippen LogP contribution in [-0.2, 0) is 9.53 Å². The predicted octanol–water partition coefficient (Wildman–Crippen LogP) is 1.86. The molecule has 0 N–H and O–H groups in total. The van der Waals surface area contributed by atoms with E-state index in [-0.39, 0.29) is 5.97 Å². The number of para-hydroxylation sites is 1. The van der Waals surface area contributed by atoms with E-state index in [1.54, 1.807) is 0 Å². The molecule has 17 heavy (non-hydrogen) atoms. The number of nitrogens with zero attached hydrogens (tertiary/aromatic N) is 2. The minimum absolute atomic E-state index is 0.229. The van der Waals surface area contributed by atoms with Gasteiger partial charge in [0.2, 0.25) is 0 Å². The fourth-order valence-electron chi connectivity index (χ4n) is 1.89. The van der Waals surface area contributed by atoms with Gasteiger partial charge >= 0.3 is 5.97 Å². The molecule has 1 aromatic rings. The molecule has 0 bridgehead atoms. The zero-order valence-electron chi connectivity index (χ0n) is 10.3. The van der Waals surface area contributed by atoms with Crippen molar-refractivity contribution in [2.75, 3.05) is 19.1 Å². The first-order valence-electron chi connectivity index (χ1n) is 5.53. The van der Waals surface area contributed by atoms with Crippen LogP contribution in [0.2, 0.25) is 0 Å². The Balaban J connectivity index is 2.03.